The van der Waals surface area contributed by atoms with Crippen LogP contribution in [0.25, 0.3) is 0 Å². The predicted molar refractivity (Wildman–Crippen MR) is 105 cm³/mol. The third-order valence-electron chi connectivity index (χ3n) is 5.28. The number of carbonyl (C=O) groups excluding carboxylic acids is 2. The van der Waals surface area contributed by atoms with Crippen molar-refractivity contribution in [2.75, 3.05) is 24.5 Å². The van der Waals surface area contributed by atoms with Gasteiger partial charge in [0.2, 0.25) is 5.91 Å². The maximum absolute atomic E-state index is 13.0. The molecule has 1 heterocycles. The van der Waals surface area contributed by atoms with Crippen molar-refractivity contribution in [1.29, 1.82) is 0 Å². The van der Waals surface area contributed by atoms with Crippen molar-refractivity contribution in [3.05, 3.63) is 65.2 Å². The highest BCUT2D eigenvalue weighted by Gasteiger charge is 2.32. The van der Waals surface area contributed by atoms with Gasteiger partial charge in [-0.15, -0.1) is 0 Å². The molecule has 3 rings (SSSR count). The molecule has 29 heavy (non-hydrogen) atoms. The Hall–Kier alpha value is -2.83. The molecule has 0 radical (unpaired) electrons. The molecule has 0 aliphatic carbocycles. The molecule has 0 saturated carbocycles. The van der Waals surface area contributed by atoms with E-state index in [-0.39, 0.29) is 30.4 Å². The minimum atomic E-state index is -4.39. The minimum absolute atomic E-state index is 0.106. The Morgan fingerprint density at radius 2 is 1.72 bits per heavy atom. The number of rotatable bonds is 6. The van der Waals surface area contributed by atoms with E-state index >= 15 is 0 Å². The molecule has 2 aromatic rings. The van der Waals surface area contributed by atoms with Gasteiger partial charge in [-0.2, -0.15) is 13.2 Å². The van der Waals surface area contributed by atoms with Crippen molar-refractivity contribution >= 4 is 17.9 Å². The molecule has 1 aliphatic heterocycles. The zero-order valence-electron chi connectivity index (χ0n) is 15.9. The van der Waals surface area contributed by atoms with Crippen LogP contribution in [0.5, 0.6) is 0 Å². The molecule has 1 amide bonds. The summed E-state index contributed by atoms with van der Waals surface area (Å²) in [6.45, 7) is 1.62. The molecule has 4 nitrogen and oxygen atoms in total. The fraction of sp³-hybridized carbons (Fsp3) is 0.364. The van der Waals surface area contributed by atoms with Gasteiger partial charge in [-0.05, 0) is 55.2 Å². The Morgan fingerprint density at radius 3 is 2.34 bits per heavy atom. The van der Waals surface area contributed by atoms with Crippen molar-refractivity contribution in [3.8, 4) is 0 Å². The number of hydrogen-bond acceptors (Lipinski definition) is 3. The van der Waals surface area contributed by atoms with Crippen molar-refractivity contribution in [2.24, 2.45) is 5.92 Å². The van der Waals surface area contributed by atoms with Crippen LogP contribution >= 0.6 is 0 Å². The summed E-state index contributed by atoms with van der Waals surface area (Å²) in [7, 11) is 0. The van der Waals surface area contributed by atoms with Gasteiger partial charge in [-0.1, -0.05) is 18.2 Å². The summed E-state index contributed by atoms with van der Waals surface area (Å²) < 4.78 is 39.1. The summed E-state index contributed by atoms with van der Waals surface area (Å²) in [5, 5.41) is 2.79. The maximum Gasteiger partial charge on any atom is 0.416 e. The largest absolute Gasteiger partial charge is 0.416 e. The number of nitrogens with one attached hydrogen (secondary N) is 1. The average molecular weight is 404 g/mol. The van der Waals surface area contributed by atoms with E-state index in [0.717, 1.165) is 31.1 Å². The molecule has 1 aliphatic rings. The van der Waals surface area contributed by atoms with Gasteiger partial charge in [-0.3, -0.25) is 9.59 Å². The third-order valence-corrected chi connectivity index (χ3v) is 5.28. The lowest BCUT2D eigenvalue weighted by atomic mass is 9.95. The highest BCUT2D eigenvalue weighted by Crippen LogP contribution is 2.32. The van der Waals surface area contributed by atoms with E-state index in [4.69, 9.17) is 0 Å². The number of aldehydes is 1. The summed E-state index contributed by atoms with van der Waals surface area (Å²) in [4.78, 5) is 25.3. The second-order valence-corrected chi connectivity index (χ2v) is 7.17. The molecule has 0 atom stereocenters. The Labute approximate surface area is 167 Å². The molecular weight excluding hydrogens is 381 g/mol. The van der Waals surface area contributed by atoms with Gasteiger partial charge in [0.1, 0.15) is 6.29 Å². The fourth-order valence-electron chi connectivity index (χ4n) is 3.64. The summed E-state index contributed by atoms with van der Waals surface area (Å²) in [5.74, 6) is -0.246. The van der Waals surface area contributed by atoms with Gasteiger partial charge < -0.3 is 10.2 Å². The quantitative estimate of drug-likeness (QED) is 0.738. The highest BCUT2D eigenvalue weighted by molar-refractivity contribution is 5.79. The molecule has 0 unspecified atom stereocenters. The number of anilines is 1. The van der Waals surface area contributed by atoms with Crippen molar-refractivity contribution in [1.82, 2.24) is 5.32 Å². The molecular formula is C22H23F3N2O2. The Balaban J connectivity index is 1.47. The standard InChI is InChI=1S/C22H23F3N2O2/c23-22(24,25)20-4-2-1-3-17(20)9-12-26-21(29)18-10-13-27(14-11-18)19-7-5-16(15-28)6-8-19/h1-8,15,18H,9-14H2,(H,26,29). The number of benzene rings is 2. The first-order valence-electron chi connectivity index (χ1n) is 9.61. The number of amides is 1. The van der Waals surface area contributed by atoms with Crippen LogP contribution in [0, 0.1) is 5.92 Å². The molecule has 0 spiro atoms. The third kappa shape index (κ3) is 5.37. The maximum atomic E-state index is 13.0. The van der Waals surface area contributed by atoms with E-state index in [1.165, 1.54) is 12.1 Å². The molecule has 0 bridgehead atoms. The lowest BCUT2D eigenvalue weighted by molar-refractivity contribution is -0.138. The molecule has 2 aromatic carbocycles. The minimum Gasteiger partial charge on any atom is -0.371 e. The molecule has 1 saturated heterocycles. The first-order valence-corrected chi connectivity index (χ1v) is 9.61. The van der Waals surface area contributed by atoms with E-state index in [0.29, 0.717) is 18.4 Å². The van der Waals surface area contributed by atoms with Crippen LogP contribution in [0.3, 0.4) is 0 Å². The summed E-state index contributed by atoms with van der Waals surface area (Å²) in [6, 6.07) is 12.8. The molecule has 154 valence electrons. The van der Waals surface area contributed by atoms with Crippen LogP contribution in [0.1, 0.15) is 34.3 Å². The molecule has 1 N–H and O–H groups in total. The average Bonchev–Trinajstić information content (AvgIpc) is 2.73. The van der Waals surface area contributed by atoms with Crippen LogP contribution in [0.4, 0.5) is 18.9 Å². The number of hydrogen-bond donors (Lipinski definition) is 1. The van der Waals surface area contributed by atoms with Crippen molar-refractivity contribution in [3.63, 3.8) is 0 Å². The van der Waals surface area contributed by atoms with E-state index < -0.39 is 11.7 Å². The van der Waals surface area contributed by atoms with Crippen LogP contribution in [0.2, 0.25) is 0 Å². The van der Waals surface area contributed by atoms with E-state index in [1.54, 1.807) is 18.2 Å². The van der Waals surface area contributed by atoms with Crippen LogP contribution in [0.15, 0.2) is 48.5 Å². The van der Waals surface area contributed by atoms with Crippen molar-refractivity contribution < 1.29 is 22.8 Å². The zero-order chi connectivity index (χ0) is 20.9. The van der Waals surface area contributed by atoms with E-state index in [2.05, 4.69) is 10.2 Å². The number of alkyl halides is 3. The monoisotopic (exact) mass is 404 g/mol. The van der Waals surface area contributed by atoms with Gasteiger partial charge >= 0.3 is 6.18 Å². The Morgan fingerprint density at radius 1 is 1.07 bits per heavy atom. The number of nitrogens with zero attached hydrogens (tertiary/aromatic N) is 1. The zero-order valence-corrected chi connectivity index (χ0v) is 15.9. The Bertz CT molecular complexity index is 842. The summed E-state index contributed by atoms with van der Waals surface area (Å²) in [6.07, 6.45) is -2.09. The highest BCUT2D eigenvalue weighted by atomic mass is 19.4. The second kappa shape index (κ2) is 9.11. The number of piperidine rings is 1. The normalized spacial score (nSPS) is 15.2. The van der Waals surface area contributed by atoms with Gasteiger partial charge in [0, 0.05) is 36.8 Å². The molecule has 7 heteroatoms. The number of halogens is 3. The van der Waals surface area contributed by atoms with Crippen LogP contribution in [-0.4, -0.2) is 31.8 Å². The van der Waals surface area contributed by atoms with Crippen LogP contribution in [-0.2, 0) is 17.4 Å². The van der Waals surface area contributed by atoms with Crippen molar-refractivity contribution in [2.45, 2.75) is 25.4 Å². The summed E-state index contributed by atoms with van der Waals surface area (Å²) >= 11 is 0. The van der Waals surface area contributed by atoms with Gasteiger partial charge in [0.15, 0.2) is 0 Å². The lowest BCUT2D eigenvalue weighted by Crippen LogP contribution is -2.41. The number of carbonyl (C=O) groups is 2. The van der Waals surface area contributed by atoms with Gasteiger partial charge in [0.05, 0.1) is 5.56 Å². The Kier molecular flexibility index (Phi) is 6.56. The fourth-order valence-corrected chi connectivity index (χ4v) is 3.64. The SMILES string of the molecule is O=Cc1ccc(N2CCC(C(=O)NCCc3ccccc3C(F)(F)F)CC2)cc1. The molecule has 0 aromatic heterocycles. The van der Waals surface area contributed by atoms with Gasteiger partial charge in [0.25, 0.3) is 0 Å². The predicted octanol–water partition coefficient (Wildman–Crippen LogP) is 4.09. The smallest absolute Gasteiger partial charge is 0.371 e. The first-order chi connectivity index (χ1) is 13.9. The van der Waals surface area contributed by atoms with E-state index in [1.807, 2.05) is 12.1 Å². The molecule has 1 fully saturated rings. The topological polar surface area (TPSA) is 49.4 Å². The lowest BCUT2D eigenvalue weighted by Gasteiger charge is -2.33. The van der Waals surface area contributed by atoms with Crippen LogP contribution < -0.4 is 10.2 Å². The first kappa shape index (κ1) is 20.9. The second-order valence-electron chi connectivity index (χ2n) is 7.17. The van der Waals surface area contributed by atoms with E-state index in [9.17, 15) is 22.8 Å². The van der Waals surface area contributed by atoms with Gasteiger partial charge in [-0.25, -0.2) is 0 Å². The summed E-state index contributed by atoms with van der Waals surface area (Å²) in [5.41, 5.74) is 1.17.